The summed E-state index contributed by atoms with van der Waals surface area (Å²) in [6.07, 6.45) is 4.21. The number of hydrogen-bond acceptors (Lipinski definition) is 3. The minimum atomic E-state index is -0.465. The lowest BCUT2D eigenvalue weighted by atomic mass is 10.1. The number of imide groups is 1. The van der Waals surface area contributed by atoms with E-state index in [2.05, 4.69) is 27.7 Å². The first-order chi connectivity index (χ1) is 9.63. The minimum absolute atomic E-state index is 0.298. The highest BCUT2D eigenvalue weighted by molar-refractivity contribution is 6.14. The molecule has 2 aliphatic heterocycles. The molecule has 2 fully saturated rings. The highest BCUT2D eigenvalue weighted by Crippen LogP contribution is 2.24. The fraction of sp³-hybridized carbons (Fsp3) is 0.333. The molecule has 0 radical (unpaired) electrons. The predicted octanol–water partition coefficient (Wildman–Crippen LogP) is 1.78. The van der Waals surface area contributed by atoms with E-state index in [0.29, 0.717) is 5.70 Å². The van der Waals surface area contributed by atoms with Gasteiger partial charge in [0, 0.05) is 18.8 Å². The molecule has 104 valence electrons. The van der Waals surface area contributed by atoms with Crippen LogP contribution in [0.3, 0.4) is 0 Å². The molecule has 2 heterocycles. The van der Waals surface area contributed by atoms with Crippen molar-refractivity contribution in [1.82, 2.24) is 10.6 Å². The molecular weight excluding hydrogens is 254 g/mol. The Labute approximate surface area is 117 Å². The van der Waals surface area contributed by atoms with Gasteiger partial charge in [0.05, 0.1) is 0 Å². The van der Waals surface area contributed by atoms with Crippen LogP contribution < -0.4 is 15.5 Å². The van der Waals surface area contributed by atoms with Gasteiger partial charge in [0.2, 0.25) is 0 Å². The van der Waals surface area contributed by atoms with E-state index in [1.165, 1.54) is 18.5 Å². The molecule has 5 nitrogen and oxygen atoms in total. The van der Waals surface area contributed by atoms with Crippen LogP contribution in [0.1, 0.15) is 24.0 Å². The van der Waals surface area contributed by atoms with Gasteiger partial charge < -0.3 is 10.2 Å². The first-order valence-electron chi connectivity index (χ1n) is 6.83. The second kappa shape index (κ2) is 5.00. The Kier molecular flexibility index (Phi) is 3.18. The number of anilines is 1. The second-order valence-electron chi connectivity index (χ2n) is 5.20. The van der Waals surface area contributed by atoms with E-state index in [4.69, 9.17) is 0 Å². The molecule has 3 rings (SSSR count). The van der Waals surface area contributed by atoms with Gasteiger partial charge >= 0.3 is 6.03 Å². The lowest BCUT2D eigenvalue weighted by Gasteiger charge is -2.18. The van der Waals surface area contributed by atoms with Gasteiger partial charge in [-0.3, -0.25) is 10.1 Å². The number of hydrogen-bond donors (Lipinski definition) is 2. The molecule has 2 aliphatic rings. The fourth-order valence-corrected chi connectivity index (χ4v) is 2.63. The van der Waals surface area contributed by atoms with E-state index in [0.717, 1.165) is 24.2 Å². The molecule has 0 spiro atoms. The SMILES string of the molecule is Cc1cc(N2CCCC2)ccc1C=C1NC(=O)NC1=O. The molecule has 3 amide bonds. The summed E-state index contributed by atoms with van der Waals surface area (Å²) < 4.78 is 0. The van der Waals surface area contributed by atoms with Crippen LogP contribution in [0.15, 0.2) is 23.9 Å². The van der Waals surface area contributed by atoms with Crippen molar-refractivity contribution in [3.8, 4) is 0 Å². The number of aryl methyl sites for hydroxylation is 1. The third-order valence-corrected chi connectivity index (χ3v) is 3.74. The van der Waals surface area contributed by atoms with Crippen molar-refractivity contribution < 1.29 is 9.59 Å². The van der Waals surface area contributed by atoms with E-state index in [1.54, 1.807) is 6.08 Å². The lowest BCUT2D eigenvalue weighted by molar-refractivity contribution is -0.115. The number of carbonyl (C=O) groups is 2. The maximum absolute atomic E-state index is 11.5. The van der Waals surface area contributed by atoms with Gasteiger partial charge in [-0.05, 0) is 49.1 Å². The third kappa shape index (κ3) is 2.39. The van der Waals surface area contributed by atoms with Crippen molar-refractivity contribution in [3.63, 3.8) is 0 Å². The Morgan fingerprint density at radius 1 is 1.15 bits per heavy atom. The maximum Gasteiger partial charge on any atom is 0.326 e. The molecule has 2 N–H and O–H groups in total. The van der Waals surface area contributed by atoms with Gasteiger partial charge in [-0.25, -0.2) is 4.79 Å². The molecule has 0 aliphatic carbocycles. The van der Waals surface area contributed by atoms with Crippen molar-refractivity contribution in [2.75, 3.05) is 18.0 Å². The standard InChI is InChI=1S/C15H17N3O2/c1-10-8-12(18-6-2-3-7-18)5-4-11(10)9-13-14(19)17-15(20)16-13/h4-5,8-9H,2-3,6-7H2,1H3,(H2,16,17,19,20). The van der Waals surface area contributed by atoms with Crippen molar-refractivity contribution in [2.24, 2.45) is 0 Å². The number of nitrogens with one attached hydrogen (secondary N) is 2. The number of benzene rings is 1. The Bertz CT molecular complexity index is 601. The summed E-state index contributed by atoms with van der Waals surface area (Å²) >= 11 is 0. The molecule has 20 heavy (non-hydrogen) atoms. The summed E-state index contributed by atoms with van der Waals surface area (Å²) in [6, 6.07) is 5.73. The van der Waals surface area contributed by atoms with E-state index in [1.807, 2.05) is 13.0 Å². The number of rotatable bonds is 2. The fourth-order valence-electron chi connectivity index (χ4n) is 2.63. The molecule has 0 saturated carbocycles. The number of amides is 3. The number of nitrogens with zero attached hydrogens (tertiary/aromatic N) is 1. The molecule has 0 unspecified atom stereocenters. The molecule has 0 bridgehead atoms. The van der Waals surface area contributed by atoms with E-state index in [9.17, 15) is 9.59 Å². The Morgan fingerprint density at radius 2 is 1.90 bits per heavy atom. The summed E-state index contributed by atoms with van der Waals surface area (Å²) in [5.74, 6) is -0.377. The minimum Gasteiger partial charge on any atom is -0.372 e. The monoisotopic (exact) mass is 271 g/mol. The van der Waals surface area contributed by atoms with Crippen LogP contribution in [-0.2, 0) is 4.79 Å². The first-order valence-corrected chi connectivity index (χ1v) is 6.83. The second-order valence-corrected chi connectivity index (χ2v) is 5.20. The zero-order chi connectivity index (χ0) is 14.1. The largest absolute Gasteiger partial charge is 0.372 e. The molecule has 5 heteroatoms. The summed E-state index contributed by atoms with van der Waals surface area (Å²) in [5.41, 5.74) is 3.56. The Balaban J connectivity index is 1.86. The molecule has 1 aromatic carbocycles. The van der Waals surface area contributed by atoms with Crippen molar-refractivity contribution >= 4 is 23.7 Å². The molecule has 0 atom stereocenters. The highest BCUT2D eigenvalue weighted by Gasteiger charge is 2.23. The summed E-state index contributed by atoms with van der Waals surface area (Å²) in [5, 5.41) is 4.70. The average Bonchev–Trinajstić information content (AvgIpc) is 3.02. The molecular formula is C15H17N3O2. The van der Waals surface area contributed by atoms with Gasteiger partial charge in [-0.1, -0.05) is 6.07 Å². The van der Waals surface area contributed by atoms with Crippen molar-refractivity contribution in [1.29, 1.82) is 0 Å². The van der Waals surface area contributed by atoms with Crippen LogP contribution in [0.5, 0.6) is 0 Å². The van der Waals surface area contributed by atoms with Gasteiger partial charge in [-0.2, -0.15) is 0 Å². The highest BCUT2D eigenvalue weighted by atomic mass is 16.2. The zero-order valence-electron chi connectivity index (χ0n) is 11.4. The van der Waals surface area contributed by atoms with Crippen LogP contribution in [0, 0.1) is 6.92 Å². The third-order valence-electron chi connectivity index (χ3n) is 3.74. The van der Waals surface area contributed by atoms with E-state index < -0.39 is 6.03 Å². The van der Waals surface area contributed by atoms with E-state index >= 15 is 0 Å². The molecule has 0 aromatic heterocycles. The Hall–Kier alpha value is -2.30. The van der Waals surface area contributed by atoms with Crippen LogP contribution in [0.25, 0.3) is 6.08 Å². The van der Waals surface area contributed by atoms with Gasteiger partial charge in [0.1, 0.15) is 5.70 Å². The topological polar surface area (TPSA) is 61.4 Å². The van der Waals surface area contributed by atoms with Gasteiger partial charge in [0.15, 0.2) is 0 Å². The molecule has 1 aromatic rings. The van der Waals surface area contributed by atoms with Crippen LogP contribution in [-0.4, -0.2) is 25.0 Å². The van der Waals surface area contributed by atoms with Crippen LogP contribution in [0.4, 0.5) is 10.5 Å². The van der Waals surface area contributed by atoms with Crippen LogP contribution >= 0.6 is 0 Å². The lowest BCUT2D eigenvalue weighted by Crippen LogP contribution is -2.22. The van der Waals surface area contributed by atoms with Gasteiger partial charge in [-0.15, -0.1) is 0 Å². The zero-order valence-corrected chi connectivity index (χ0v) is 11.4. The number of carbonyl (C=O) groups excluding carboxylic acids is 2. The summed E-state index contributed by atoms with van der Waals surface area (Å²) in [7, 11) is 0. The first kappa shape index (κ1) is 12.7. The number of urea groups is 1. The quantitative estimate of drug-likeness (QED) is 0.636. The molecule has 2 saturated heterocycles. The average molecular weight is 271 g/mol. The normalized spacial score (nSPS) is 20.4. The predicted molar refractivity (Wildman–Crippen MR) is 77.3 cm³/mol. The summed E-state index contributed by atoms with van der Waals surface area (Å²) in [6.45, 7) is 4.23. The maximum atomic E-state index is 11.5. The van der Waals surface area contributed by atoms with Gasteiger partial charge in [0.25, 0.3) is 5.91 Å². The van der Waals surface area contributed by atoms with E-state index in [-0.39, 0.29) is 5.91 Å². The van der Waals surface area contributed by atoms with Crippen LogP contribution in [0.2, 0.25) is 0 Å². The van der Waals surface area contributed by atoms with Crippen molar-refractivity contribution in [2.45, 2.75) is 19.8 Å². The van der Waals surface area contributed by atoms with Crippen molar-refractivity contribution in [3.05, 3.63) is 35.0 Å². The smallest absolute Gasteiger partial charge is 0.326 e. The summed E-state index contributed by atoms with van der Waals surface area (Å²) in [4.78, 5) is 25.0. The Morgan fingerprint density at radius 3 is 2.50 bits per heavy atom.